The van der Waals surface area contributed by atoms with Gasteiger partial charge in [-0.25, -0.2) is 0 Å². The van der Waals surface area contributed by atoms with Crippen molar-refractivity contribution in [2.24, 2.45) is 5.92 Å². The highest BCUT2D eigenvalue weighted by molar-refractivity contribution is 7.17. The summed E-state index contributed by atoms with van der Waals surface area (Å²) >= 11 is 1.50. The number of hydrogen-bond donors (Lipinski definition) is 1. The molecule has 1 amide bonds. The van der Waals surface area contributed by atoms with Crippen molar-refractivity contribution in [3.63, 3.8) is 0 Å². The Morgan fingerprint density at radius 3 is 2.74 bits per heavy atom. The number of ketones is 1. The van der Waals surface area contributed by atoms with Gasteiger partial charge in [0.2, 0.25) is 5.76 Å². The highest BCUT2D eigenvalue weighted by Gasteiger charge is 2.29. The Labute approximate surface area is 162 Å². The summed E-state index contributed by atoms with van der Waals surface area (Å²) in [4.78, 5) is 27.0. The van der Waals surface area contributed by atoms with Crippen molar-refractivity contribution in [2.75, 3.05) is 18.5 Å². The lowest BCUT2D eigenvalue weighted by molar-refractivity contribution is -0.117. The number of hydrogen-bond acceptors (Lipinski definition) is 5. The van der Waals surface area contributed by atoms with Crippen molar-refractivity contribution in [1.29, 1.82) is 0 Å². The minimum absolute atomic E-state index is 0.0484. The Kier molecular flexibility index (Phi) is 4.99. The van der Waals surface area contributed by atoms with E-state index in [2.05, 4.69) is 12.2 Å². The van der Waals surface area contributed by atoms with Crippen molar-refractivity contribution in [1.82, 2.24) is 0 Å². The fourth-order valence-corrected chi connectivity index (χ4v) is 4.87. The largest absolute Gasteiger partial charge is 0.494 e. The van der Waals surface area contributed by atoms with Crippen LogP contribution < -0.4 is 5.32 Å². The van der Waals surface area contributed by atoms with Gasteiger partial charge < -0.3 is 14.8 Å². The third-order valence-electron chi connectivity index (χ3n) is 4.87. The second-order valence-corrected chi connectivity index (χ2v) is 8.01. The predicted molar refractivity (Wildman–Crippen MR) is 104 cm³/mol. The van der Waals surface area contributed by atoms with Gasteiger partial charge >= 0.3 is 0 Å². The summed E-state index contributed by atoms with van der Waals surface area (Å²) in [5.74, 6) is 0.285. The van der Waals surface area contributed by atoms with E-state index in [0.29, 0.717) is 35.3 Å². The molecule has 6 heteroatoms. The summed E-state index contributed by atoms with van der Waals surface area (Å²) in [6.07, 6.45) is 4.17. The Morgan fingerprint density at radius 2 is 2.00 bits per heavy atom. The Bertz CT molecular complexity index is 900. The molecule has 0 saturated heterocycles. The van der Waals surface area contributed by atoms with E-state index in [0.717, 1.165) is 24.8 Å². The maximum absolute atomic E-state index is 13.2. The predicted octanol–water partition coefficient (Wildman–Crippen LogP) is 3.93. The van der Waals surface area contributed by atoms with Gasteiger partial charge in [0, 0.05) is 10.4 Å². The van der Waals surface area contributed by atoms with Crippen LogP contribution in [0.2, 0.25) is 0 Å². The number of rotatable bonds is 4. The Morgan fingerprint density at radius 1 is 1.19 bits per heavy atom. The molecule has 2 heterocycles. The fourth-order valence-electron chi connectivity index (χ4n) is 3.47. The van der Waals surface area contributed by atoms with Crippen LogP contribution in [0.25, 0.3) is 0 Å². The molecule has 0 saturated carbocycles. The normalized spacial score (nSPS) is 18.6. The third-order valence-corrected chi connectivity index (χ3v) is 6.04. The zero-order valence-corrected chi connectivity index (χ0v) is 15.9. The average molecular weight is 383 g/mol. The van der Waals surface area contributed by atoms with Crippen LogP contribution in [0, 0.1) is 5.92 Å². The lowest BCUT2D eigenvalue weighted by Crippen LogP contribution is -2.21. The van der Waals surface area contributed by atoms with Gasteiger partial charge in [0.25, 0.3) is 5.91 Å². The summed E-state index contributed by atoms with van der Waals surface area (Å²) in [6.45, 7) is 2.99. The highest BCUT2D eigenvalue weighted by Crippen LogP contribution is 2.41. The molecule has 0 bridgehead atoms. The van der Waals surface area contributed by atoms with E-state index < -0.39 is 0 Å². The van der Waals surface area contributed by atoms with E-state index in [-0.39, 0.29) is 17.4 Å². The molecule has 4 rings (SSSR count). The molecule has 27 heavy (non-hydrogen) atoms. The van der Waals surface area contributed by atoms with Crippen LogP contribution in [0.4, 0.5) is 5.00 Å². The maximum atomic E-state index is 13.2. The summed E-state index contributed by atoms with van der Waals surface area (Å²) < 4.78 is 10.5. The second kappa shape index (κ2) is 7.56. The molecule has 0 fully saturated rings. The molecule has 2 aliphatic rings. The lowest BCUT2D eigenvalue weighted by atomic mass is 9.86. The first kappa shape index (κ1) is 17.8. The zero-order chi connectivity index (χ0) is 18.8. The monoisotopic (exact) mass is 383 g/mol. The number of benzene rings is 1. The summed E-state index contributed by atoms with van der Waals surface area (Å²) in [7, 11) is 0. The smallest absolute Gasteiger partial charge is 0.294 e. The van der Waals surface area contributed by atoms with Crippen molar-refractivity contribution in [2.45, 2.75) is 26.2 Å². The molecule has 2 aromatic rings. The Balaban J connectivity index is 1.71. The van der Waals surface area contributed by atoms with Crippen molar-refractivity contribution < 1.29 is 19.1 Å². The minimum Gasteiger partial charge on any atom is -0.494 e. The molecule has 1 aliphatic heterocycles. The van der Waals surface area contributed by atoms with Gasteiger partial charge in [-0.15, -0.1) is 11.3 Å². The molecule has 0 radical (unpaired) electrons. The molecule has 1 atom stereocenters. The average Bonchev–Trinajstić information content (AvgIpc) is 3.05. The number of amides is 1. The topological polar surface area (TPSA) is 64.6 Å². The van der Waals surface area contributed by atoms with Gasteiger partial charge in [-0.05, 0) is 30.7 Å². The summed E-state index contributed by atoms with van der Waals surface area (Å²) in [5.41, 5.74) is 2.33. The van der Waals surface area contributed by atoms with Gasteiger partial charge in [0.15, 0.2) is 5.78 Å². The maximum Gasteiger partial charge on any atom is 0.294 e. The van der Waals surface area contributed by atoms with Crippen molar-refractivity contribution >= 4 is 28.0 Å². The lowest BCUT2D eigenvalue weighted by Gasteiger charge is -2.18. The molecule has 1 aromatic carbocycles. The highest BCUT2D eigenvalue weighted by atomic mass is 32.1. The van der Waals surface area contributed by atoms with Crippen LogP contribution in [-0.4, -0.2) is 24.9 Å². The van der Waals surface area contributed by atoms with E-state index in [1.54, 1.807) is 0 Å². The molecule has 1 unspecified atom stereocenters. The van der Waals surface area contributed by atoms with E-state index in [1.165, 1.54) is 22.5 Å². The van der Waals surface area contributed by atoms with Gasteiger partial charge in [-0.3, -0.25) is 9.59 Å². The first-order valence-electron chi connectivity index (χ1n) is 9.13. The van der Waals surface area contributed by atoms with Crippen LogP contribution in [0.1, 0.15) is 39.7 Å². The molecule has 140 valence electrons. The number of thiophene rings is 1. The first-order chi connectivity index (χ1) is 13.1. The molecule has 1 aliphatic carbocycles. The van der Waals surface area contributed by atoms with Gasteiger partial charge in [0.05, 0.1) is 5.56 Å². The number of nitrogens with one attached hydrogen (secondary N) is 1. The van der Waals surface area contributed by atoms with Crippen LogP contribution in [-0.2, 0) is 27.1 Å². The minimum atomic E-state index is -0.386. The third kappa shape index (κ3) is 3.62. The Hall–Kier alpha value is -2.60. The number of ether oxygens (including phenoxy) is 2. The molecule has 1 N–H and O–H groups in total. The number of fused-ring (bicyclic) bond motifs is 1. The summed E-state index contributed by atoms with van der Waals surface area (Å²) in [6, 6.07) is 9.21. The number of carbonyl (C=O) groups excluding carboxylic acids is 2. The molecular weight excluding hydrogens is 362 g/mol. The van der Waals surface area contributed by atoms with Gasteiger partial charge in [-0.2, -0.15) is 0 Å². The van der Waals surface area contributed by atoms with E-state index >= 15 is 0 Å². The quantitative estimate of drug-likeness (QED) is 0.813. The number of carbonyl (C=O) groups is 2. The number of anilines is 1. The van der Waals surface area contributed by atoms with E-state index in [4.69, 9.17) is 9.47 Å². The fraction of sp³-hybridized carbons (Fsp3) is 0.333. The summed E-state index contributed by atoms with van der Waals surface area (Å²) in [5, 5.41) is 3.49. The van der Waals surface area contributed by atoms with Crippen LogP contribution in [0.15, 0.2) is 42.4 Å². The molecular formula is C21H21NO4S. The molecule has 1 aromatic heterocycles. The second-order valence-electron chi connectivity index (χ2n) is 6.91. The van der Waals surface area contributed by atoms with Gasteiger partial charge in [-0.1, -0.05) is 37.3 Å². The van der Waals surface area contributed by atoms with Crippen molar-refractivity contribution in [3.8, 4) is 0 Å². The van der Waals surface area contributed by atoms with E-state index in [1.807, 2.05) is 30.3 Å². The van der Waals surface area contributed by atoms with E-state index in [9.17, 15) is 9.59 Å². The first-order valence-corrected chi connectivity index (χ1v) is 9.95. The SMILES string of the molecule is CC1CCc2c(sc(NC(=O)C3=COCCO3)c2C(=O)c2ccccc2)C1. The standard InChI is InChI=1S/C21H21NO4S/c1-13-7-8-15-17(11-13)27-21(22-20(24)16-12-25-9-10-26-16)18(15)19(23)14-5-3-2-4-6-14/h2-6,12-13H,7-11H2,1H3,(H,22,24). The molecule has 0 spiro atoms. The van der Waals surface area contributed by atoms with Gasteiger partial charge in [0.1, 0.15) is 24.5 Å². The molecule has 5 nitrogen and oxygen atoms in total. The van der Waals surface area contributed by atoms with Crippen LogP contribution in [0.5, 0.6) is 0 Å². The van der Waals surface area contributed by atoms with Crippen LogP contribution in [0.3, 0.4) is 0 Å². The zero-order valence-electron chi connectivity index (χ0n) is 15.1. The van der Waals surface area contributed by atoms with Crippen molar-refractivity contribution in [3.05, 3.63) is 63.9 Å². The van der Waals surface area contributed by atoms with Crippen LogP contribution >= 0.6 is 11.3 Å².